The molecular formula is C20H17BrN2O2. The van der Waals surface area contributed by atoms with Crippen LogP contribution < -0.4 is 10.9 Å². The highest BCUT2D eigenvalue weighted by Gasteiger charge is 2.12. The number of hydrogen-bond acceptors (Lipinski definition) is 2. The van der Waals surface area contributed by atoms with Gasteiger partial charge in [-0.1, -0.05) is 51.8 Å². The predicted molar refractivity (Wildman–Crippen MR) is 103 cm³/mol. The number of rotatable bonds is 4. The minimum absolute atomic E-state index is 0.120. The van der Waals surface area contributed by atoms with Crippen LogP contribution in [0, 0.1) is 6.92 Å². The first-order valence-corrected chi connectivity index (χ1v) is 8.64. The molecule has 0 aliphatic carbocycles. The summed E-state index contributed by atoms with van der Waals surface area (Å²) < 4.78 is 2.40. The van der Waals surface area contributed by atoms with Crippen LogP contribution in [0.15, 0.2) is 76.1 Å². The van der Waals surface area contributed by atoms with E-state index in [1.54, 1.807) is 35.0 Å². The van der Waals surface area contributed by atoms with Crippen molar-refractivity contribution in [1.82, 2.24) is 4.57 Å². The summed E-state index contributed by atoms with van der Waals surface area (Å²) in [6.07, 6.45) is 1.69. The maximum atomic E-state index is 12.6. The highest BCUT2D eigenvalue weighted by atomic mass is 79.9. The minimum Gasteiger partial charge on any atom is -0.322 e. The average molecular weight is 397 g/mol. The highest BCUT2D eigenvalue weighted by molar-refractivity contribution is 9.10. The van der Waals surface area contributed by atoms with Gasteiger partial charge in [0.05, 0.1) is 6.54 Å². The maximum absolute atomic E-state index is 12.6. The van der Waals surface area contributed by atoms with Gasteiger partial charge in [0.2, 0.25) is 0 Å². The molecule has 0 saturated heterocycles. The molecule has 25 heavy (non-hydrogen) atoms. The molecule has 1 amide bonds. The van der Waals surface area contributed by atoms with Crippen LogP contribution in [0.25, 0.3) is 0 Å². The predicted octanol–water partition coefficient (Wildman–Crippen LogP) is 4.22. The Bertz CT molecular complexity index is 962. The lowest BCUT2D eigenvalue weighted by Gasteiger charge is -2.09. The summed E-state index contributed by atoms with van der Waals surface area (Å²) in [5.41, 5.74) is 2.62. The van der Waals surface area contributed by atoms with Crippen LogP contribution in [0.5, 0.6) is 0 Å². The van der Waals surface area contributed by atoms with Crippen LogP contribution in [0.3, 0.4) is 0 Å². The summed E-state index contributed by atoms with van der Waals surface area (Å²) in [5.74, 6) is -0.415. The lowest BCUT2D eigenvalue weighted by atomic mass is 10.1. The Balaban J connectivity index is 1.84. The number of carbonyl (C=O) groups excluding carboxylic acids is 1. The molecule has 0 fully saturated rings. The number of aryl methyl sites for hydroxylation is 1. The molecule has 0 unspecified atom stereocenters. The molecular weight excluding hydrogens is 380 g/mol. The minimum atomic E-state index is -0.415. The first-order chi connectivity index (χ1) is 12.0. The van der Waals surface area contributed by atoms with Gasteiger partial charge in [-0.05, 0) is 42.8 Å². The van der Waals surface area contributed by atoms with Crippen molar-refractivity contribution in [3.05, 3.63) is 98.4 Å². The first-order valence-electron chi connectivity index (χ1n) is 7.85. The van der Waals surface area contributed by atoms with Crippen molar-refractivity contribution in [3.8, 4) is 0 Å². The van der Waals surface area contributed by atoms with E-state index in [9.17, 15) is 9.59 Å². The molecule has 0 aliphatic rings. The van der Waals surface area contributed by atoms with E-state index in [0.29, 0.717) is 12.2 Å². The van der Waals surface area contributed by atoms with E-state index in [-0.39, 0.29) is 11.1 Å². The highest BCUT2D eigenvalue weighted by Crippen LogP contribution is 2.16. The Kier molecular flexibility index (Phi) is 5.14. The third kappa shape index (κ3) is 4.25. The number of benzene rings is 2. The molecule has 0 aliphatic heterocycles. The number of nitrogens with one attached hydrogen (secondary N) is 1. The van der Waals surface area contributed by atoms with E-state index >= 15 is 0 Å². The second-order valence-corrected chi connectivity index (χ2v) is 6.72. The number of carbonyl (C=O) groups is 1. The van der Waals surface area contributed by atoms with E-state index in [0.717, 1.165) is 10.0 Å². The van der Waals surface area contributed by atoms with Crippen LogP contribution in [0.4, 0.5) is 5.69 Å². The van der Waals surface area contributed by atoms with Crippen LogP contribution in [-0.4, -0.2) is 10.5 Å². The lowest BCUT2D eigenvalue weighted by Crippen LogP contribution is -2.29. The summed E-state index contributed by atoms with van der Waals surface area (Å²) >= 11 is 3.36. The number of nitrogens with zero attached hydrogens (tertiary/aromatic N) is 1. The Labute approximate surface area is 154 Å². The van der Waals surface area contributed by atoms with Gasteiger partial charge in [0.1, 0.15) is 5.56 Å². The van der Waals surface area contributed by atoms with Crippen LogP contribution in [0.2, 0.25) is 0 Å². The fraction of sp³-hybridized carbons (Fsp3) is 0.100. The summed E-state index contributed by atoms with van der Waals surface area (Å²) in [4.78, 5) is 25.1. The standard InChI is InChI=1S/C20H17BrN2O2/c1-14-7-9-15(10-8-14)13-23-11-3-6-18(20(23)25)19(24)22-17-5-2-4-16(21)12-17/h2-12H,13H2,1H3,(H,22,24). The van der Waals surface area contributed by atoms with Crippen molar-refractivity contribution in [1.29, 1.82) is 0 Å². The quantitative estimate of drug-likeness (QED) is 0.717. The number of halogens is 1. The Hall–Kier alpha value is -2.66. The van der Waals surface area contributed by atoms with Gasteiger partial charge in [-0.25, -0.2) is 0 Å². The molecule has 5 heteroatoms. The van der Waals surface area contributed by atoms with Gasteiger partial charge in [0, 0.05) is 16.4 Å². The van der Waals surface area contributed by atoms with E-state index in [1.807, 2.05) is 43.3 Å². The number of amides is 1. The number of aromatic nitrogens is 1. The zero-order chi connectivity index (χ0) is 17.8. The molecule has 1 heterocycles. The van der Waals surface area contributed by atoms with Crippen molar-refractivity contribution >= 4 is 27.5 Å². The van der Waals surface area contributed by atoms with Crippen LogP contribution in [-0.2, 0) is 6.54 Å². The number of anilines is 1. The van der Waals surface area contributed by atoms with Crippen LogP contribution >= 0.6 is 15.9 Å². The van der Waals surface area contributed by atoms with Crippen molar-refractivity contribution in [3.63, 3.8) is 0 Å². The largest absolute Gasteiger partial charge is 0.322 e. The maximum Gasteiger partial charge on any atom is 0.263 e. The van der Waals surface area contributed by atoms with Crippen molar-refractivity contribution in [2.75, 3.05) is 5.32 Å². The summed E-state index contributed by atoms with van der Waals surface area (Å²) in [6, 6.07) is 18.5. The molecule has 126 valence electrons. The lowest BCUT2D eigenvalue weighted by molar-refractivity contribution is 0.102. The molecule has 0 atom stereocenters. The van der Waals surface area contributed by atoms with E-state index in [4.69, 9.17) is 0 Å². The molecule has 0 saturated carbocycles. The van der Waals surface area contributed by atoms with Crippen molar-refractivity contribution < 1.29 is 4.79 Å². The molecule has 3 rings (SSSR count). The normalized spacial score (nSPS) is 10.5. The van der Waals surface area contributed by atoms with Gasteiger partial charge in [-0.15, -0.1) is 0 Å². The third-order valence-electron chi connectivity index (χ3n) is 3.82. The first kappa shape index (κ1) is 17.2. The second kappa shape index (κ2) is 7.49. The fourth-order valence-electron chi connectivity index (χ4n) is 2.49. The molecule has 1 N–H and O–H groups in total. The van der Waals surface area contributed by atoms with E-state index in [1.165, 1.54) is 5.56 Å². The average Bonchev–Trinajstić information content (AvgIpc) is 2.58. The van der Waals surface area contributed by atoms with E-state index in [2.05, 4.69) is 21.2 Å². The van der Waals surface area contributed by atoms with E-state index < -0.39 is 5.91 Å². The van der Waals surface area contributed by atoms with Crippen molar-refractivity contribution in [2.45, 2.75) is 13.5 Å². The zero-order valence-corrected chi connectivity index (χ0v) is 15.3. The third-order valence-corrected chi connectivity index (χ3v) is 4.31. The van der Waals surface area contributed by atoms with Gasteiger partial charge in [0.25, 0.3) is 11.5 Å². The van der Waals surface area contributed by atoms with Gasteiger partial charge in [-0.2, -0.15) is 0 Å². The summed E-state index contributed by atoms with van der Waals surface area (Å²) in [7, 11) is 0. The van der Waals surface area contributed by atoms with Gasteiger partial charge >= 0.3 is 0 Å². The Morgan fingerprint density at radius 1 is 1.08 bits per heavy atom. The molecule has 1 aromatic heterocycles. The zero-order valence-electron chi connectivity index (χ0n) is 13.7. The molecule has 2 aromatic carbocycles. The second-order valence-electron chi connectivity index (χ2n) is 5.80. The van der Waals surface area contributed by atoms with Gasteiger partial charge in [-0.3, -0.25) is 9.59 Å². The monoisotopic (exact) mass is 396 g/mol. The Morgan fingerprint density at radius 2 is 1.84 bits per heavy atom. The summed E-state index contributed by atoms with van der Waals surface area (Å²) in [5, 5.41) is 2.76. The van der Waals surface area contributed by atoms with Crippen LogP contribution in [0.1, 0.15) is 21.5 Å². The fourth-order valence-corrected chi connectivity index (χ4v) is 2.89. The smallest absolute Gasteiger partial charge is 0.263 e. The summed E-state index contributed by atoms with van der Waals surface area (Å²) in [6.45, 7) is 2.44. The molecule has 0 spiro atoms. The van der Waals surface area contributed by atoms with Gasteiger partial charge in [0.15, 0.2) is 0 Å². The number of hydrogen-bond donors (Lipinski definition) is 1. The topological polar surface area (TPSA) is 51.1 Å². The Morgan fingerprint density at radius 3 is 2.56 bits per heavy atom. The molecule has 4 nitrogen and oxygen atoms in total. The van der Waals surface area contributed by atoms with Gasteiger partial charge < -0.3 is 9.88 Å². The molecule has 3 aromatic rings. The molecule has 0 bridgehead atoms. The molecule has 0 radical (unpaired) electrons. The van der Waals surface area contributed by atoms with Crippen molar-refractivity contribution in [2.24, 2.45) is 0 Å². The number of pyridine rings is 1. The SMILES string of the molecule is Cc1ccc(Cn2cccc(C(=O)Nc3cccc(Br)c3)c2=O)cc1.